The lowest BCUT2D eigenvalue weighted by Gasteiger charge is -2.24. The predicted octanol–water partition coefficient (Wildman–Crippen LogP) is 5.90. The van der Waals surface area contributed by atoms with Gasteiger partial charge in [0.05, 0.1) is 11.6 Å². The van der Waals surface area contributed by atoms with Gasteiger partial charge in [0, 0.05) is 47.6 Å². The first-order valence-corrected chi connectivity index (χ1v) is 17.6. The van der Waals surface area contributed by atoms with E-state index >= 15 is 0 Å². The number of phenols is 2. The van der Waals surface area contributed by atoms with Crippen LogP contribution in [0.4, 0.5) is 11.4 Å². The van der Waals surface area contributed by atoms with E-state index in [1.165, 1.54) is 37.8 Å². The first-order valence-electron chi connectivity index (χ1n) is 17.6. The largest absolute Gasteiger partial charge is 0.507 e. The van der Waals surface area contributed by atoms with Gasteiger partial charge < -0.3 is 44.1 Å². The van der Waals surface area contributed by atoms with E-state index in [4.69, 9.17) is 18.9 Å². The summed E-state index contributed by atoms with van der Waals surface area (Å²) in [5.74, 6) is 2.31. The summed E-state index contributed by atoms with van der Waals surface area (Å²) in [5.41, 5.74) is 1.83. The molecule has 0 saturated heterocycles. The van der Waals surface area contributed by atoms with Crippen LogP contribution in [0.15, 0.2) is 72.8 Å². The molecule has 4 heterocycles. The molecule has 51 heavy (non-hydrogen) atoms. The van der Waals surface area contributed by atoms with Crippen LogP contribution < -0.4 is 28.7 Å². The lowest BCUT2D eigenvalue weighted by Crippen LogP contribution is -2.41. The third-order valence-corrected chi connectivity index (χ3v) is 10.8. The van der Waals surface area contributed by atoms with Crippen molar-refractivity contribution in [3.8, 4) is 34.5 Å². The summed E-state index contributed by atoms with van der Waals surface area (Å²) in [7, 11) is 0. The Hall–Kier alpha value is -5.42. The minimum absolute atomic E-state index is 0.0241. The first-order chi connectivity index (χ1) is 24.8. The molecule has 0 bridgehead atoms. The van der Waals surface area contributed by atoms with E-state index < -0.39 is 17.4 Å². The van der Waals surface area contributed by atoms with E-state index in [9.17, 15) is 24.9 Å². The molecule has 2 aliphatic carbocycles. The third kappa shape index (κ3) is 5.38. The van der Waals surface area contributed by atoms with Crippen LogP contribution in [0.1, 0.15) is 66.7 Å². The fourth-order valence-electron chi connectivity index (χ4n) is 7.67. The summed E-state index contributed by atoms with van der Waals surface area (Å²) in [6.07, 6.45) is 6.92. The van der Waals surface area contributed by atoms with Gasteiger partial charge in [-0.2, -0.15) is 0 Å². The fourth-order valence-corrected chi connectivity index (χ4v) is 7.67. The van der Waals surface area contributed by atoms with Crippen molar-refractivity contribution in [1.82, 2.24) is 0 Å². The number of fused-ring (bicyclic) bond motifs is 4. The zero-order valence-corrected chi connectivity index (χ0v) is 27.9. The van der Waals surface area contributed by atoms with Gasteiger partial charge in [-0.05, 0) is 54.5 Å². The molecule has 4 aromatic rings. The zero-order valence-electron chi connectivity index (χ0n) is 27.9. The maximum absolute atomic E-state index is 13.3. The maximum atomic E-state index is 13.3. The van der Waals surface area contributed by atoms with E-state index in [-0.39, 0.29) is 36.6 Å². The first kappa shape index (κ1) is 31.6. The number of phenolic OH excluding ortho intramolecular Hbond substituents is 2. The van der Waals surface area contributed by atoms with Crippen LogP contribution in [-0.4, -0.2) is 53.8 Å². The Labute approximate surface area is 294 Å². The van der Waals surface area contributed by atoms with E-state index in [0.717, 1.165) is 36.6 Å². The van der Waals surface area contributed by atoms with E-state index in [0.29, 0.717) is 52.3 Å². The third-order valence-electron chi connectivity index (χ3n) is 10.8. The molecule has 11 nitrogen and oxygen atoms in total. The standard InChI is InChI=1S/C20H19NO5.C20H19NO4/c22-16-10-18-17(25-11-26-18)9-14(16)20(24)13-3-1-2-4-15(13)21(19(20)23)8-7-12-5-6-12;22-16-10-18-17(24-11-25-18)9-14(16)19-13-3-1-2-4-15(13)21(20(19)23)8-7-12-5-6-12/h1-4,9-10,12,22,24H,5-8,11H2;1-4,9-10,12,19,22H,5-8,11H2. The van der Waals surface area contributed by atoms with Crippen molar-refractivity contribution in [2.75, 3.05) is 36.5 Å². The highest BCUT2D eigenvalue weighted by molar-refractivity contribution is 6.09. The molecule has 2 saturated carbocycles. The lowest BCUT2D eigenvalue weighted by molar-refractivity contribution is -0.132. The molecule has 0 aromatic heterocycles. The number of benzene rings is 4. The number of para-hydroxylation sites is 2. The fraction of sp³-hybridized carbons (Fsp3) is 0.350. The molecule has 2 fully saturated rings. The number of carbonyl (C=O) groups excluding carboxylic acids is 2. The van der Waals surface area contributed by atoms with Crippen molar-refractivity contribution >= 4 is 23.2 Å². The number of anilines is 2. The van der Waals surface area contributed by atoms with Crippen LogP contribution >= 0.6 is 0 Å². The second-order valence-corrected chi connectivity index (χ2v) is 14.1. The minimum atomic E-state index is -1.94. The molecule has 3 N–H and O–H groups in total. The number of nitrogens with zero attached hydrogens (tertiary/aromatic N) is 2. The van der Waals surface area contributed by atoms with E-state index in [2.05, 4.69) is 0 Å². The number of ether oxygens (including phenoxy) is 4. The van der Waals surface area contributed by atoms with Crippen LogP contribution in [0.25, 0.3) is 0 Å². The van der Waals surface area contributed by atoms with Crippen molar-refractivity contribution in [3.63, 3.8) is 0 Å². The van der Waals surface area contributed by atoms with E-state index in [1.807, 2.05) is 41.3 Å². The molecule has 262 valence electrons. The van der Waals surface area contributed by atoms with Gasteiger partial charge in [0.15, 0.2) is 23.0 Å². The smallest absolute Gasteiger partial charge is 0.268 e. The average Bonchev–Trinajstić information content (AvgIpc) is 4.01. The molecule has 2 atom stereocenters. The average molecular weight is 691 g/mol. The Morgan fingerprint density at radius 3 is 1.84 bits per heavy atom. The molecule has 4 aromatic carbocycles. The highest BCUT2D eigenvalue weighted by atomic mass is 16.7. The van der Waals surface area contributed by atoms with Crippen molar-refractivity contribution in [2.24, 2.45) is 11.8 Å². The van der Waals surface area contributed by atoms with Crippen LogP contribution in [0.2, 0.25) is 0 Å². The Bertz CT molecular complexity index is 2060. The molecular weight excluding hydrogens is 652 g/mol. The molecule has 11 heteroatoms. The number of hydrogen-bond donors (Lipinski definition) is 3. The van der Waals surface area contributed by atoms with Gasteiger partial charge in [0.2, 0.25) is 25.1 Å². The highest BCUT2D eigenvalue weighted by Crippen LogP contribution is 2.51. The second-order valence-electron chi connectivity index (χ2n) is 14.1. The minimum Gasteiger partial charge on any atom is -0.507 e. The molecular formula is C40H38N2O9. The summed E-state index contributed by atoms with van der Waals surface area (Å²) in [5, 5.41) is 32.5. The SMILES string of the molecule is O=C1C(c2cc3c(cc2O)OCO3)c2ccccc2N1CCC1CC1.O=C1N(CCC2CC2)c2ccccc2C1(O)c1cc2c(cc1O)OCO2. The number of hydrogen-bond acceptors (Lipinski definition) is 9. The van der Waals surface area contributed by atoms with Gasteiger partial charge in [-0.1, -0.05) is 62.1 Å². The van der Waals surface area contributed by atoms with Crippen molar-refractivity contribution in [3.05, 3.63) is 95.1 Å². The Morgan fingerprint density at radius 2 is 1.18 bits per heavy atom. The molecule has 6 aliphatic rings. The normalized spacial score (nSPS) is 22.2. The predicted molar refractivity (Wildman–Crippen MR) is 186 cm³/mol. The number of aliphatic hydroxyl groups is 1. The van der Waals surface area contributed by atoms with E-state index in [1.54, 1.807) is 29.2 Å². The number of rotatable bonds is 8. The molecule has 2 unspecified atom stereocenters. The highest BCUT2D eigenvalue weighted by Gasteiger charge is 2.53. The van der Waals surface area contributed by atoms with Crippen molar-refractivity contribution in [2.45, 2.75) is 50.0 Å². The summed E-state index contributed by atoms with van der Waals surface area (Å²) >= 11 is 0. The molecule has 10 rings (SSSR count). The van der Waals surface area contributed by atoms with Crippen LogP contribution in [0.3, 0.4) is 0 Å². The Morgan fingerprint density at radius 1 is 0.627 bits per heavy atom. The molecule has 0 radical (unpaired) electrons. The van der Waals surface area contributed by atoms with Gasteiger partial charge in [-0.25, -0.2) is 0 Å². The molecule has 4 aliphatic heterocycles. The summed E-state index contributed by atoms with van der Waals surface area (Å²) in [6.45, 7) is 1.49. The zero-order chi connectivity index (χ0) is 34.9. The van der Waals surface area contributed by atoms with Gasteiger partial charge in [0.1, 0.15) is 11.5 Å². The number of aromatic hydroxyl groups is 2. The van der Waals surface area contributed by atoms with Crippen LogP contribution in [0.5, 0.6) is 34.5 Å². The van der Waals surface area contributed by atoms with Gasteiger partial charge >= 0.3 is 0 Å². The molecule has 0 spiro atoms. The topological polar surface area (TPSA) is 138 Å². The number of carbonyl (C=O) groups is 2. The summed E-state index contributed by atoms with van der Waals surface area (Å²) < 4.78 is 21.4. The second kappa shape index (κ2) is 12.1. The van der Waals surface area contributed by atoms with Crippen molar-refractivity contribution < 1.29 is 43.9 Å². The Kier molecular flexibility index (Phi) is 7.50. The van der Waals surface area contributed by atoms with Gasteiger partial charge in [-0.15, -0.1) is 0 Å². The van der Waals surface area contributed by atoms with Gasteiger partial charge in [-0.3, -0.25) is 9.59 Å². The van der Waals surface area contributed by atoms with Crippen molar-refractivity contribution in [1.29, 1.82) is 0 Å². The molecule has 2 amide bonds. The lowest BCUT2D eigenvalue weighted by atomic mass is 9.86. The quantitative estimate of drug-likeness (QED) is 0.206. The monoisotopic (exact) mass is 690 g/mol. The summed E-state index contributed by atoms with van der Waals surface area (Å²) in [4.78, 5) is 30.0. The maximum Gasteiger partial charge on any atom is 0.268 e. The Balaban J connectivity index is 0.000000137. The summed E-state index contributed by atoms with van der Waals surface area (Å²) in [6, 6.07) is 21.2. The number of amides is 2. The van der Waals surface area contributed by atoms with Gasteiger partial charge in [0.25, 0.3) is 5.91 Å². The van der Waals surface area contributed by atoms with Crippen LogP contribution in [-0.2, 0) is 15.2 Å². The van der Waals surface area contributed by atoms with Crippen LogP contribution in [0, 0.1) is 11.8 Å².